The average Bonchev–Trinajstić information content (AvgIpc) is 1.94. The molecule has 0 radical (unpaired) electrons. The van der Waals surface area contributed by atoms with Gasteiger partial charge in [-0.3, -0.25) is 0 Å². The number of anilines is 1. The molecule has 0 aliphatic heterocycles. The van der Waals surface area contributed by atoms with Crippen molar-refractivity contribution in [2.24, 2.45) is 0 Å². The monoisotopic (exact) mass is 315 g/mol. The van der Waals surface area contributed by atoms with Crippen LogP contribution in [0.4, 0.5) is 10.1 Å². The average molecular weight is 315 g/mol. The predicted molar refractivity (Wildman–Crippen MR) is 56.6 cm³/mol. The van der Waals surface area contributed by atoms with Crippen LogP contribution in [0.2, 0.25) is 0 Å². The minimum absolute atomic E-state index is 0.0771. The van der Waals surface area contributed by atoms with Gasteiger partial charge in [-0.15, -0.1) is 0 Å². The van der Waals surface area contributed by atoms with Gasteiger partial charge in [-0.05, 0) is 34.7 Å². The van der Waals surface area contributed by atoms with Crippen LogP contribution in [0.15, 0.2) is 17.0 Å². The maximum Gasteiger partial charge on any atom is 0.177 e. The first kappa shape index (κ1) is 10.7. The molecule has 0 unspecified atom stereocenters. The van der Waals surface area contributed by atoms with E-state index in [1.807, 2.05) is 0 Å². The quantitative estimate of drug-likeness (QED) is 0.630. The van der Waals surface area contributed by atoms with E-state index in [4.69, 9.17) is 5.73 Å². The molecule has 1 rings (SSSR count). The van der Waals surface area contributed by atoms with Crippen molar-refractivity contribution in [2.45, 2.75) is 4.90 Å². The van der Waals surface area contributed by atoms with Gasteiger partial charge in [-0.25, -0.2) is 12.8 Å². The van der Waals surface area contributed by atoms with Gasteiger partial charge in [0.25, 0.3) is 0 Å². The first-order valence-electron chi connectivity index (χ1n) is 3.27. The minimum atomic E-state index is -3.44. The van der Waals surface area contributed by atoms with E-state index < -0.39 is 15.7 Å². The Balaban J connectivity index is 3.50. The van der Waals surface area contributed by atoms with Crippen LogP contribution < -0.4 is 5.73 Å². The lowest BCUT2D eigenvalue weighted by atomic mass is 10.3. The maximum atomic E-state index is 13.0. The lowest BCUT2D eigenvalue weighted by Crippen LogP contribution is -2.04. The van der Waals surface area contributed by atoms with Crippen molar-refractivity contribution in [3.63, 3.8) is 0 Å². The Labute approximate surface area is 89.2 Å². The molecule has 6 heteroatoms. The highest BCUT2D eigenvalue weighted by molar-refractivity contribution is 14.1. The number of rotatable bonds is 1. The molecule has 0 aliphatic rings. The van der Waals surface area contributed by atoms with E-state index >= 15 is 0 Å². The summed E-state index contributed by atoms with van der Waals surface area (Å²) in [7, 11) is -3.44. The summed E-state index contributed by atoms with van der Waals surface area (Å²) in [6, 6.07) is 2.23. The van der Waals surface area contributed by atoms with E-state index in [0.717, 1.165) is 12.3 Å². The van der Waals surface area contributed by atoms with E-state index in [0.29, 0.717) is 3.57 Å². The molecule has 13 heavy (non-hydrogen) atoms. The number of hydrogen-bond acceptors (Lipinski definition) is 3. The van der Waals surface area contributed by atoms with Crippen LogP contribution in [0.1, 0.15) is 0 Å². The topological polar surface area (TPSA) is 60.2 Å². The molecule has 0 spiro atoms. The molecule has 1 aromatic carbocycles. The van der Waals surface area contributed by atoms with E-state index in [1.165, 1.54) is 6.07 Å². The number of nitrogens with two attached hydrogens (primary N) is 1. The number of hydrogen-bond donors (Lipinski definition) is 1. The zero-order valence-corrected chi connectivity index (χ0v) is 9.69. The van der Waals surface area contributed by atoms with Crippen molar-refractivity contribution in [3.05, 3.63) is 21.5 Å². The summed E-state index contributed by atoms with van der Waals surface area (Å²) in [4.78, 5) is -0.162. The summed E-state index contributed by atoms with van der Waals surface area (Å²) in [5, 5.41) is 0. The minimum Gasteiger partial charge on any atom is -0.398 e. The molecule has 1 aromatic rings. The normalized spacial score (nSPS) is 11.6. The zero-order valence-electron chi connectivity index (χ0n) is 6.71. The van der Waals surface area contributed by atoms with E-state index in [2.05, 4.69) is 0 Å². The van der Waals surface area contributed by atoms with Crippen LogP contribution in [-0.2, 0) is 9.84 Å². The number of benzene rings is 1. The first-order valence-corrected chi connectivity index (χ1v) is 6.24. The highest BCUT2D eigenvalue weighted by atomic mass is 127. The van der Waals surface area contributed by atoms with E-state index in [-0.39, 0.29) is 10.6 Å². The maximum absolute atomic E-state index is 13.0. The molecule has 0 saturated carbocycles. The van der Waals surface area contributed by atoms with Crippen LogP contribution in [0.3, 0.4) is 0 Å². The summed E-state index contributed by atoms with van der Waals surface area (Å²) >= 11 is 1.74. The largest absolute Gasteiger partial charge is 0.398 e. The van der Waals surface area contributed by atoms with Crippen LogP contribution >= 0.6 is 22.6 Å². The molecule has 0 saturated heterocycles. The molecule has 0 amide bonds. The third-order valence-electron chi connectivity index (χ3n) is 1.45. The fourth-order valence-corrected chi connectivity index (χ4v) is 2.16. The fraction of sp³-hybridized carbons (Fsp3) is 0.143. The summed E-state index contributed by atoms with van der Waals surface area (Å²) in [5.41, 5.74) is 5.50. The Bertz CT molecular complexity index is 444. The van der Waals surface area contributed by atoms with Gasteiger partial charge in [0.15, 0.2) is 9.84 Å². The van der Waals surface area contributed by atoms with Crippen molar-refractivity contribution in [1.29, 1.82) is 0 Å². The third-order valence-corrected chi connectivity index (χ3v) is 3.43. The van der Waals surface area contributed by atoms with Gasteiger partial charge in [-0.1, -0.05) is 0 Å². The van der Waals surface area contributed by atoms with Gasteiger partial charge >= 0.3 is 0 Å². The Kier molecular flexibility index (Phi) is 2.81. The lowest BCUT2D eigenvalue weighted by Gasteiger charge is -2.04. The Morgan fingerprint density at radius 3 is 2.46 bits per heavy atom. The SMILES string of the molecule is CS(=O)(=O)c1cc(F)c(I)cc1N. The predicted octanol–water partition coefficient (Wildman–Crippen LogP) is 1.42. The molecule has 0 atom stereocenters. The van der Waals surface area contributed by atoms with Gasteiger partial charge in [0.1, 0.15) is 5.82 Å². The molecular weight excluding hydrogens is 308 g/mol. The molecule has 0 bridgehead atoms. The number of sulfone groups is 1. The second-order valence-corrected chi connectivity index (χ2v) is 5.72. The second-order valence-electron chi connectivity index (χ2n) is 2.58. The Morgan fingerprint density at radius 1 is 1.46 bits per heavy atom. The van der Waals surface area contributed by atoms with Crippen LogP contribution in [0.25, 0.3) is 0 Å². The fourth-order valence-electron chi connectivity index (χ4n) is 0.865. The molecule has 3 nitrogen and oxygen atoms in total. The third kappa shape index (κ3) is 2.31. The van der Waals surface area contributed by atoms with Gasteiger partial charge in [0.2, 0.25) is 0 Å². The van der Waals surface area contributed by atoms with Crippen LogP contribution in [0, 0.1) is 9.39 Å². The molecule has 0 aliphatic carbocycles. The Morgan fingerprint density at radius 2 is 2.00 bits per heavy atom. The second kappa shape index (κ2) is 3.41. The van der Waals surface area contributed by atoms with Crippen molar-refractivity contribution in [1.82, 2.24) is 0 Å². The van der Waals surface area contributed by atoms with Crippen LogP contribution in [-0.4, -0.2) is 14.7 Å². The van der Waals surface area contributed by atoms with Crippen molar-refractivity contribution < 1.29 is 12.8 Å². The van der Waals surface area contributed by atoms with E-state index in [1.54, 1.807) is 22.6 Å². The highest BCUT2D eigenvalue weighted by Gasteiger charge is 2.14. The van der Waals surface area contributed by atoms with Gasteiger partial charge in [0, 0.05) is 6.26 Å². The molecule has 0 aromatic heterocycles. The summed E-state index contributed by atoms with van der Waals surface area (Å²) in [6.07, 6.45) is 0.991. The smallest absolute Gasteiger partial charge is 0.177 e. The number of nitrogen functional groups attached to an aromatic ring is 1. The molecule has 0 heterocycles. The molecule has 72 valence electrons. The Hall–Kier alpha value is -0.370. The standard InChI is InChI=1S/C7H7FINO2S/c1-13(11,12)7-2-4(8)5(9)3-6(7)10/h2-3H,10H2,1H3. The lowest BCUT2D eigenvalue weighted by molar-refractivity contribution is 0.594. The van der Waals surface area contributed by atoms with Crippen LogP contribution in [0.5, 0.6) is 0 Å². The summed E-state index contributed by atoms with van der Waals surface area (Å²) in [5.74, 6) is -0.574. The summed E-state index contributed by atoms with van der Waals surface area (Å²) in [6.45, 7) is 0. The van der Waals surface area contributed by atoms with Crippen molar-refractivity contribution >= 4 is 38.1 Å². The first-order chi connectivity index (χ1) is 5.82. The highest BCUT2D eigenvalue weighted by Crippen LogP contribution is 2.23. The number of halogens is 2. The van der Waals surface area contributed by atoms with Crippen molar-refractivity contribution in [3.8, 4) is 0 Å². The molecule has 0 fully saturated rings. The van der Waals surface area contributed by atoms with Crippen molar-refractivity contribution in [2.75, 3.05) is 12.0 Å². The molecular formula is C7H7FINO2S. The van der Waals surface area contributed by atoms with E-state index in [9.17, 15) is 12.8 Å². The van der Waals surface area contributed by atoms with Gasteiger partial charge < -0.3 is 5.73 Å². The molecule has 2 N–H and O–H groups in total. The van der Waals surface area contributed by atoms with Gasteiger partial charge in [0.05, 0.1) is 14.2 Å². The summed E-state index contributed by atoms with van der Waals surface area (Å²) < 4.78 is 35.4. The zero-order chi connectivity index (χ0) is 10.2. The van der Waals surface area contributed by atoms with Gasteiger partial charge in [-0.2, -0.15) is 0 Å².